The van der Waals surface area contributed by atoms with Gasteiger partial charge in [-0.25, -0.2) is 9.78 Å². The van der Waals surface area contributed by atoms with Crippen LogP contribution in [0.3, 0.4) is 0 Å². The van der Waals surface area contributed by atoms with Crippen molar-refractivity contribution in [2.75, 3.05) is 33.2 Å². The van der Waals surface area contributed by atoms with Gasteiger partial charge in [0.15, 0.2) is 0 Å². The van der Waals surface area contributed by atoms with Crippen LogP contribution in [0.25, 0.3) is 0 Å². The Morgan fingerprint density at radius 2 is 2.26 bits per heavy atom. The highest BCUT2D eigenvalue weighted by atomic mass is 16.2. The molecule has 0 aromatic carbocycles. The molecule has 6 heteroatoms. The molecule has 3 rings (SSSR count). The van der Waals surface area contributed by atoms with E-state index in [1.807, 2.05) is 28.9 Å². The van der Waals surface area contributed by atoms with E-state index in [4.69, 9.17) is 0 Å². The van der Waals surface area contributed by atoms with Gasteiger partial charge in [0.1, 0.15) is 5.82 Å². The minimum atomic E-state index is 0.0518. The van der Waals surface area contributed by atoms with Crippen molar-refractivity contribution in [3.8, 4) is 0 Å². The van der Waals surface area contributed by atoms with Gasteiger partial charge in [0.25, 0.3) is 0 Å². The van der Waals surface area contributed by atoms with Gasteiger partial charge in [-0.15, -0.1) is 0 Å². The Kier molecular flexibility index (Phi) is 5.00. The van der Waals surface area contributed by atoms with Crippen LogP contribution in [0.1, 0.15) is 37.5 Å². The molecule has 1 aliphatic carbocycles. The fraction of sp³-hybridized carbons (Fsp3) is 0.647. The highest BCUT2D eigenvalue weighted by Gasteiger charge is 2.30. The third-order valence-corrected chi connectivity index (χ3v) is 4.95. The highest BCUT2D eigenvalue weighted by molar-refractivity contribution is 5.74. The Bertz CT molecular complexity index is 579. The largest absolute Gasteiger partial charge is 0.338 e. The van der Waals surface area contributed by atoms with Crippen molar-refractivity contribution in [1.82, 2.24) is 24.7 Å². The summed E-state index contributed by atoms with van der Waals surface area (Å²) in [5.41, 5.74) is 1.49. The molecule has 0 bridgehead atoms. The quantitative estimate of drug-likeness (QED) is 0.863. The molecule has 2 aliphatic rings. The van der Waals surface area contributed by atoms with Gasteiger partial charge in [-0.1, -0.05) is 11.6 Å². The van der Waals surface area contributed by atoms with Gasteiger partial charge in [0, 0.05) is 45.6 Å². The van der Waals surface area contributed by atoms with Crippen LogP contribution >= 0.6 is 0 Å². The van der Waals surface area contributed by atoms with Crippen LogP contribution < -0.4 is 5.32 Å². The average molecular weight is 317 g/mol. The number of aromatic nitrogens is 2. The number of rotatable bonds is 4. The van der Waals surface area contributed by atoms with Crippen molar-refractivity contribution in [2.24, 2.45) is 7.05 Å². The third kappa shape index (κ3) is 3.75. The number of carbonyl (C=O) groups is 1. The van der Waals surface area contributed by atoms with Gasteiger partial charge >= 0.3 is 6.03 Å². The zero-order valence-electron chi connectivity index (χ0n) is 14.2. The SMILES string of the molecule is CN1CCN(C(=O)NCCC2=CCCC2)C[C@@H]1c1nccn1C. The zero-order valence-corrected chi connectivity index (χ0v) is 14.2. The number of hydrogen-bond donors (Lipinski definition) is 1. The number of piperazine rings is 1. The van der Waals surface area contributed by atoms with E-state index in [9.17, 15) is 4.79 Å². The van der Waals surface area contributed by atoms with E-state index in [1.54, 1.807) is 0 Å². The van der Waals surface area contributed by atoms with Crippen molar-refractivity contribution in [3.05, 3.63) is 29.9 Å². The van der Waals surface area contributed by atoms with Crippen molar-refractivity contribution in [1.29, 1.82) is 0 Å². The normalized spacial score (nSPS) is 22.3. The third-order valence-electron chi connectivity index (χ3n) is 4.95. The summed E-state index contributed by atoms with van der Waals surface area (Å²) < 4.78 is 2.04. The number of imidazole rings is 1. The second kappa shape index (κ2) is 7.17. The molecular formula is C17H27N5O. The number of nitrogens with zero attached hydrogens (tertiary/aromatic N) is 4. The molecule has 1 saturated heterocycles. The molecule has 0 spiro atoms. The van der Waals surface area contributed by atoms with Crippen molar-refractivity contribution in [2.45, 2.75) is 31.7 Å². The topological polar surface area (TPSA) is 53.4 Å². The first-order valence-electron chi connectivity index (χ1n) is 8.53. The second-order valence-electron chi connectivity index (χ2n) is 6.58. The summed E-state index contributed by atoms with van der Waals surface area (Å²) in [5, 5.41) is 3.07. The fourth-order valence-electron chi connectivity index (χ4n) is 3.44. The highest BCUT2D eigenvalue weighted by Crippen LogP contribution is 2.22. The predicted octanol–water partition coefficient (Wildman–Crippen LogP) is 1.92. The number of carbonyl (C=O) groups excluding carboxylic acids is 1. The number of aryl methyl sites for hydroxylation is 1. The molecule has 1 aromatic heterocycles. The number of amides is 2. The van der Waals surface area contributed by atoms with E-state index in [-0.39, 0.29) is 12.1 Å². The van der Waals surface area contributed by atoms with Gasteiger partial charge in [-0.3, -0.25) is 4.90 Å². The first-order chi connectivity index (χ1) is 11.1. The maximum Gasteiger partial charge on any atom is 0.317 e. The summed E-state index contributed by atoms with van der Waals surface area (Å²) in [5.74, 6) is 1.01. The smallest absolute Gasteiger partial charge is 0.317 e. The van der Waals surface area contributed by atoms with Gasteiger partial charge in [-0.05, 0) is 32.7 Å². The predicted molar refractivity (Wildman–Crippen MR) is 90.1 cm³/mol. The first kappa shape index (κ1) is 16.1. The van der Waals surface area contributed by atoms with E-state index in [2.05, 4.69) is 28.3 Å². The lowest BCUT2D eigenvalue weighted by molar-refractivity contribution is 0.104. The summed E-state index contributed by atoms with van der Waals surface area (Å²) in [4.78, 5) is 21.1. The van der Waals surface area contributed by atoms with E-state index in [1.165, 1.54) is 24.8 Å². The summed E-state index contributed by atoms with van der Waals surface area (Å²) >= 11 is 0. The Morgan fingerprint density at radius 3 is 2.96 bits per heavy atom. The molecule has 1 N–H and O–H groups in total. The van der Waals surface area contributed by atoms with Crippen LogP contribution in [0, 0.1) is 0 Å². The summed E-state index contributed by atoms with van der Waals surface area (Å²) in [6, 6.07) is 0.211. The Hall–Kier alpha value is -1.82. The molecule has 2 heterocycles. The summed E-state index contributed by atoms with van der Waals surface area (Å²) in [6.07, 6.45) is 10.8. The van der Waals surface area contributed by atoms with E-state index in [0.717, 1.165) is 31.9 Å². The van der Waals surface area contributed by atoms with Gasteiger partial charge in [-0.2, -0.15) is 0 Å². The number of likely N-dealkylation sites (N-methyl/N-ethyl adjacent to an activating group) is 1. The van der Waals surface area contributed by atoms with Crippen molar-refractivity contribution >= 4 is 6.03 Å². The van der Waals surface area contributed by atoms with Crippen LogP contribution in [0.15, 0.2) is 24.0 Å². The molecule has 1 aromatic rings. The lowest BCUT2D eigenvalue weighted by Gasteiger charge is -2.38. The lowest BCUT2D eigenvalue weighted by Crippen LogP contribution is -2.52. The number of hydrogen-bond acceptors (Lipinski definition) is 3. The fourth-order valence-corrected chi connectivity index (χ4v) is 3.44. The summed E-state index contributed by atoms with van der Waals surface area (Å²) in [6.45, 7) is 3.07. The zero-order chi connectivity index (χ0) is 16.2. The van der Waals surface area contributed by atoms with Gasteiger partial charge in [0.2, 0.25) is 0 Å². The molecule has 0 radical (unpaired) electrons. The molecule has 1 atom stereocenters. The molecule has 23 heavy (non-hydrogen) atoms. The molecule has 1 fully saturated rings. The van der Waals surface area contributed by atoms with E-state index >= 15 is 0 Å². The van der Waals surface area contributed by atoms with E-state index in [0.29, 0.717) is 6.54 Å². The standard InChI is InChI=1S/C17H27N5O/c1-20-11-12-22(13-15(20)16-18-9-10-21(16)2)17(23)19-8-7-14-5-3-4-6-14/h5,9-10,15H,3-4,6-8,11-13H2,1-2H3,(H,19,23)/t15-/m1/s1. The van der Waals surface area contributed by atoms with Crippen molar-refractivity contribution in [3.63, 3.8) is 0 Å². The number of urea groups is 1. The van der Waals surface area contributed by atoms with Crippen LogP contribution in [0.5, 0.6) is 0 Å². The maximum absolute atomic E-state index is 12.4. The maximum atomic E-state index is 12.4. The Labute approximate surface area is 138 Å². The number of allylic oxidation sites excluding steroid dienone is 1. The molecule has 6 nitrogen and oxygen atoms in total. The molecule has 1 aliphatic heterocycles. The van der Waals surface area contributed by atoms with Crippen LogP contribution in [-0.4, -0.2) is 58.6 Å². The van der Waals surface area contributed by atoms with Crippen LogP contribution in [0.4, 0.5) is 4.79 Å². The lowest BCUT2D eigenvalue weighted by atomic mass is 10.1. The Balaban J connectivity index is 1.53. The van der Waals surface area contributed by atoms with Gasteiger partial charge < -0.3 is 14.8 Å². The monoisotopic (exact) mass is 317 g/mol. The molecule has 0 unspecified atom stereocenters. The molecular weight excluding hydrogens is 290 g/mol. The second-order valence-corrected chi connectivity index (χ2v) is 6.58. The minimum absolute atomic E-state index is 0.0518. The van der Waals surface area contributed by atoms with Gasteiger partial charge in [0.05, 0.1) is 6.04 Å². The van der Waals surface area contributed by atoms with Crippen LogP contribution in [0.2, 0.25) is 0 Å². The molecule has 126 valence electrons. The molecule has 0 saturated carbocycles. The first-order valence-corrected chi connectivity index (χ1v) is 8.53. The van der Waals surface area contributed by atoms with Crippen molar-refractivity contribution < 1.29 is 4.79 Å². The minimum Gasteiger partial charge on any atom is -0.338 e. The molecule has 2 amide bonds. The van der Waals surface area contributed by atoms with Crippen LogP contribution in [-0.2, 0) is 7.05 Å². The Morgan fingerprint density at radius 1 is 1.39 bits per heavy atom. The summed E-state index contributed by atoms with van der Waals surface area (Å²) in [7, 11) is 4.10. The number of nitrogens with one attached hydrogen (secondary N) is 1. The van der Waals surface area contributed by atoms with E-state index < -0.39 is 0 Å². The average Bonchev–Trinajstić information content (AvgIpc) is 3.19.